The van der Waals surface area contributed by atoms with E-state index in [4.69, 9.17) is 9.47 Å². The standard InChI is InChI=1S/C46H60N8O6/c1-25(2)35(51-43(57)59-11)41(55)53-37(45(5,6)7)39-47-23-33(49-39)28-15-13-27(14-16-28)29-17-18-31-22-32(20-19-30(31)21-29)34-24-48-40(50-34)38(46(8,9)10)54-42(56)36(26(3)4)52-44(58)60-12/h13-26,35-38H,1-12H3,(H,47,49)(H,48,50)(H,51,57)(H,52,58)(H,53,55)(H,54,56)/t35?,36-,37-,38?/m1/s1. The molecule has 0 aliphatic heterocycles. The minimum absolute atomic E-state index is 0.161. The number of carbonyl (C=O) groups excluding carboxylic acids is 4. The van der Waals surface area contributed by atoms with Gasteiger partial charge in [0, 0.05) is 5.56 Å². The number of carbonyl (C=O) groups is 4. The van der Waals surface area contributed by atoms with Crippen molar-refractivity contribution in [3.05, 3.63) is 84.7 Å². The van der Waals surface area contributed by atoms with Gasteiger partial charge in [0.05, 0.1) is 50.1 Å². The van der Waals surface area contributed by atoms with Gasteiger partial charge in [0.15, 0.2) is 0 Å². The smallest absolute Gasteiger partial charge is 0.407 e. The van der Waals surface area contributed by atoms with E-state index >= 15 is 0 Å². The van der Waals surface area contributed by atoms with E-state index in [0.29, 0.717) is 11.6 Å². The van der Waals surface area contributed by atoms with Crippen LogP contribution < -0.4 is 21.3 Å². The number of imidazole rings is 2. The number of hydrogen-bond donors (Lipinski definition) is 6. The van der Waals surface area contributed by atoms with Crippen molar-refractivity contribution in [2.75, 3.05) is 14.2 Å². The summed E-state index contributed by atoms with van der Waals surface area (Å²) in [4.78, 5) is 66.9. The minimum Gasteiger partial charge on any atom is -0.453 e. The van der Waals surface area contributed by atoms with Crippen molar-refractivity contribution in [1.29, 1.82) is 0 Å². The molecule has 4 amide bonds. The molecule has 5 rings (SSSR count). The summed E-state index contributed by atoms with van der Waals surface area (Å²) >= 11 is 0. The molecule has 0 aliphatic rings. The lowest BCUT2D eigenvalue weighted by Gasteiger charge is -2.32. The topological polar surface area (TPSA) is 192 Å². The fourth-order valence-corrected chi connectivity index (χ4v) is 6.99. The third kappa shape index (κ3) is 10.7. The molecule has 0 spiro atoms. The van der Waals surface area contributed by atoms with Crippen LogP contribution in [0.3, 0.4) is 0 Å². The maximum Gasteiger partial charge on any atom is 0.407 e. The number of alkyl carbamates (subject to hydrolysis) is 2. The van der Waals surface area contributed by atoms with Gasteiger partial charge in [-0.2, -0.15) is 0 Å². The summed E-state index contributed by atoms with van der Waals surface area (Å²) in [6.07, 6.45) is 2.22. The number of benzene rings is 3. The number of aromatic nitrogens is 4. The number of aromatic amines is 2. The lowest BCUT2D eigenvalue weighted by molar-refractivity contribution is -0.126. The summed E-state index contributed by atoms with van der Waals surface area (Å²) < 4.78 is 9.48. The molecule has 14 heteroatoms. The average molecular weight is 821 g/mol. The average Bonchev–Trinajstić information content (AvgIpc) is 3.89. The van der Waals surface area contributed by atoms with Crippen LogP contribution in [0.4, 0.5) is 9.59 Å². The fourth-order valence-electron chi connectivity index (χ4n) is 6.99. The van der Waals surface area contributed by atoms with Crippen LogP contribution in [0.25, 0.3) is 44.4 Å². The van der Waals surface area contributed by atoms with Crippen LogP contribution in [0.5, 0.6) is 0 Å². The molecule has 60 heavy (non-hydrogen) atoms. The lowest BCUT2D eigenvalue weighted by atomic mass is 9.85. The molecule has 2 aromatic heterocycles. The second kappa shape index (κ2) is 18.4. The van der Waals surface area contributed by atoms with Gasteiger partial charge in [0.2, 0.25) is 11.8 Å². The van der Waals surface area contributed by atoms with Crippen LogP contribution in [0.15, 0.2) is 73.1 Å². The summed E-state index contributed by atoms with van der Waals surface area (Å²) in [5, 5.41) is 13.6. The summed E-state index contributed by atoms with van der Waals surface area (Å²) in [6.45, 7) is 19.6. The predicted octanol–water partition coefficient (Wildman–Crippen LogP) is 8.46. The highest BCUT2D eigenvalue weighted by Crippen LogP contribution is 2.35. The molecule has 0 aliphatic carbocycles. The molecule has 0 saturated carbocycles. The molecule has 3 aromatic carbocycles. The number of hydrogen-bond acceptors (Lipinski definition) is 8. The number of rotatable bonds is 13. The molecule has 14 nitrogen and oxygen atoms in total. The first-order chi connectivity index (χ1) is 28.2. The molecule has 0 saturated heterocycles. The molecular weight excluding hydrogens is 761 g/mol. The first kappa shape index (κ1) is 44.9. The third-order valence-corrected chi connectivity index (χ3v) is 10.5. The molecule has 6 N–H and O–H groups in total. The van der Waals surface area contributed by atoms with Crippen molar-refractivity contribution in [3.63, 3.8) is 0 Å². The quantitative estimate of drug-likeness (QED) is 0.0681. The molecular formula is C46H60N8O6. The molecule has 4 atom stereocenters. The Labute approximate surface area is 352 Å². The second-order valence-electron chi connectivity index (χ2n) is 18.0. The normalized spacial score (nSPS) is 14.0. The molecule has 0 radical (unpaired) electrons. The van der Waals surface area contributed by atoms with E-state index in [9.17, 15) is 19.2 Å². The van der Waals surface area contributed by atoms with Gasteiger partial charge in [0.1, 0.15) is 23.7 Å². The molecule has 2 heterocycles. The maximum absolute atomic E-state index is 13.4. The SMILES string of the molecule is COC(=O)NC(C(=O)N[C@H](c1ncc(-c2ccc(-c3ccc4cc(-c5cnc(C(NC(=O)[C@H](NC(=O)OC)C(C)C)C(C)(C)C)[nH]5)ccc4c3)cc2)[nH]1)C(C)(C)C)C(C)C. The van der Waals surface area contributed by atoms with Crippen molar-refractivity contribution < 1.29 is 28.7 Å². The van der Waals surface area contributed by atoms with Gasteiger partial charge >= 0.3 is 12.2 Å². The van der Waals surface area contributed by atoms with E-state index in [1.807, 2.05) is 87.4 Å². The van der Waals surface area contributed by atoms with Gasteiger partial charge in [-0.05, 0) is 62.3 Å². The second-order valence-corrected chi connectivity index (χ2v) is 18.0. The van der Waals surface area contributed by atoms with Crippen molar-refractivity contribution in [2.24, 2.45) is 22.7 Å². The van der Waals surface area contributed by atoms with Crippen LogP contribution in [0.1, 0.15) is 93.0 Å². The van der Waals surface area contributed by atoms with Crippen LogP contribution in [0, 0.1) is 22.7 Å². The van der Waals surface area contributed by atoms with Gasteiger partial charge in [-0.15, -0.1) is 0 Å². The van der Waals surface area contributed by atoms with Crippen molar-refractivity contribution in [3.8, 4) is 33.6 Å². The highest BCUT2D eigenvalue weighted by molar-refractivity contribution is 5.91. The van der Waals surface area contributed by atoms with Crippen LogP contribution in [-0.4, -0.2) is 70.2 Å². The number of nitrogens with zero attached hydrogens (tertiary/aromatic N) is 2. The Kier molecular flexibility index (Phi) is 13.8. The summed E-state index contributed by atoms with van der Waals surface area (Å²) in [6, 6.07) is 18.4. The lowest BCUT2D eigenvalue weighted by Crippen LogP contribution is -2.52. The number of methoxy groups -OCH3 is 2. The summed E-state index contributed by atoms with van der Waals surface area (Å²) in [5.74, 6) is 0.263. The van der Waals surface area contributed by atoms with E-state index in [1.54, 1.807) is 12.4 Å². The minimum atomic E-state index is -0.776. The van der Waals surface area contributed by atoms with E-state index in [-0.39, 0.29) is 23.7 Å². The summed E-state index contributed by atoms with van der Waals surface area (Å²) in [7, 11) is 2.54. The Bertz CT molecular complexity index is 2300. The zero-order valence-corrected chi connectivity index (χ0v) is 36.7. The Morgan fingerprint density at radius 2 is 0.900 bits per heavy atom. The number of ether oxygens (including phenoxy) is 2. The Hall–Kier alpha value is -6.18. The zero-order valence-electron chi connectivity index (χ0n) is 36.7. The Morgan fingerprint density at radius 1 is 0.533 bits per heavy atom. The van der Waals surface area contributed by atoms with E-state index in [2.05, 4.69) is 83.7 Å². The first-order valence-corrected chi connectivity index (χ1v) is 20.2. The molecule has 0 bridgehead atoms. The zero-order chi connectivity index (χ0) is 44.1. The first-order valence-electron chi connectivity index (χ1n) is 20.2. The number of nitrogens with one attached hydrogen (secondary N) is 6. The Morgan fingerprint density at radius 3 is 1.30 bits per heavy atom. The van der Waals surface area contributed by atoms with Gasteiger partial charge < -0.3 is 40.7 Å². The number of amides is 4. The van der Waals surface area contributed by atoms with Crippen molar-refractivity contribution >= 4 is 34.8 Å². The van der Waals surface area contributed by atoms with Crippen LogP contribution in [-0.2, 0) is 19.1 Å². The highest BCUT2D eigenvalue weighted by atomic mass is 16.5. The van der Waals surface area contributed by atoms with Gasteiger partial charge in [-0.25, -0.2) is 19.6 Å². The van der Waals surface area contributed by atoms with E-state index < -0.39 is 47.2 Å². The van der Waals surface area contributed by atoms with Crippen molar-refractivity contribution in [2.45, 2.75) is 93.4 Å². The van der Waals surface area contributed by atoms with Gasteiger partial charge in [-0.1, -0.05) is 118 Å². The fraction of sp³-hybridized carbons (Fsp3) is 0.435. The van der Waals surface area contributed by atoms with Gasteiger partial charge in [-0.3, -0.25) is 9.59 Å². The molecule has 5 aromatic rings. The number of fused-ring (bicyclic) bond motifs is 1. The van der Waals surface area contributed by atoms with Crippen LogP contribution >= 0.6 is 0 Å². The summed E-state index contributed by atoms with van der Waals surface area (Å²) in [5.41, 5.74) is 4.86. The third-order valence-electron chi connectivity index (χ3n) is 10.5. The highest BCUT2D eigenvalue weighted by Gasteiger charge is 2.35. The van der Waals surface area contributed by atoms with E-state index in [0.717, 1.165) is 44.4 Å². The van der Waals surface area contributed by atoms with Crippen molar-refractivity contribution in [1.82, 2.24) is 41.2 Å². The maximum atomic E-state index is 13.4. The van der Waals surface area contributed by atoms with Gasteiger partial charge in [0.25, 0.3) is 0 Å². The largest absolute Gasteiger partial charge is 0.453 e. The Balaban J connectivity index is 1.31. The van der Waals surface area contributed by atoms with E-state index in [1.165, 1.54) is 14.2 Å². The molecule has 320 valence electrons. The monoisotopic (exact) mass is 820 g/mol. The number of H-pyrrole nitrogens is 2. The predicted molar refractivity (Wildman–Crippen MR) is 234 cm³/mol. The van der Waals surface area contributed by atoms with Crippen LogP contribution in [0.2, 0.25) is 0 Å². The molecule has 2 unspecified atom stereocenters. The molecule has 0 fully saturated rings.